The van der Waals surface area contributed by atoms with Crippen LogP contribution in [0.4, 0.5) is 0 Å². The van der Waals surface area contributed by atoms with Crippen molar-refractivity contribution in [3.63, 3.8) is 0 Å². The van der Waals surface area contributed by atoms with E-state index in [9.17, 15) is 19.8 Å². The minimum absolute atomic E-state index is 0.0321. The van der Waals surface area contributed by atoms with Gasteiger partial charge in [-0.05, 0) is 24.3 Å². The summed E-state index contributed by atoms with van der Waals surface area (Å²) in [4.78, 5) is 24.6. The molecule has 2 N–H and O–H groups in total. The van der Waals surface area contributed by atoms with Crippen LogP contribution in [0.2, 0.25) is 0 Å². The van der Waals surface area contributed by atoms with Gasteiger partial charge in [-0.25, -0.2) is 9.59 Å². The van der Waals surface area contributed by atoms with Gasteiger partial charge in [0.15, 0.2) is 0 Å². The minimum atomic E-state index is -1.22. The van der Waals surface area contributed by atoms with Crippen LogP contribution < -0.4 is 0 Å². The van der Waals surface area contributed by atoms with E-state index in [0.717, 1.165) is 0 Å². The maximum absolute atomic E-state index is 12.3. The molecule has 2 rings (SSSR count). The number of esters is 2. The Bertz CT molecular complexity index is 716. The Hall–Kier alpha value is -3.02. The van der Waals surface area contributed by atoms with Crippen molar-refractivity contribution in [2.24, 2.45) is 5.41 Å². The largest absolute Gasteiger partial charge is 0.507 e. The second-order valence-electron chi connectivity index (χ2n) is 6.54. The maximum Gasteiger partial charge on any atom is 0.345 e. The normalized spacial score (nSPS) is 11.2. The van der Waals surface area contributed by atoms with Crippen LogP contribution in [0.15, 0.2) is 48.5 Å². The zero-order valence-corrected chi connectivity index (χ0v) is 14.2. The van der Waals surface area contributed by atoms with E-state index >= 15 is 0 Å². The molecule has 0 saturated carbocycles. The van der Waals surface area contributed by atoms with Gasteiger partial charge in [0, 0.05) is 5.41 Å². The van der Waals surface area contributed by atoms with Gasteiger partial charge in [0.2, 0.25) is 0 Å². The van der Waals surface area contributed by atoms with E-state index in [1.807, 2.05) is 0 Å². The van der Waals surface area contributed by atoms with Crippen LogP contribution in [0, 0.1) is 5.41 Å². The monoisotopic (exact) mass is 344 g/mol. The summed E-state index contributed by atoms with van der Waals surface area (Å²) in [5, 5.41) is 19.5. The molecule has 2 aromatic rings. The van der Waals surface area contributed by atoms with Crippen molar-refractivity contribution >= 4 is 11.9 Å². The Balaban J connectivity index is 2.20. The lowest BCUT2D eigenvalue weighted by atomic mass is 9.96. The number of benzene rings is 2. The molecule has 0 aliphatic heterocycles. The van der Waals surface area contributed by atoms with Crippen molar-refractivity contribution in [3.05, 3.63) is 59.7 Å². The van der Waals surface area contributed by atoms with Gasteiger partial charge in [-0.2, -0.15) is 0 Å². The highest BCUT2D eigenvalue weighted by atomic mass is 16.7. The van der Waals surface area contributed by atoms with Crippen molar-refractivity contribution in [1.29, 1.82) is 0 Å². The first kappa shape index (κ1) is 18.3. The molecule has 25 heavy (non-hydrogen) atoms. The molecule has 0 spiro atoms. The highest BCUT2D eigenvalue weighted by Crippen LogP contribution is 2.28. The Morgan fingerprint density at radius 1 is 0.800 bits per heavy atom. The summed E-state index contributed by atoms with van der Waals surface area (Å²) in [5.74, 6) is -2.09. The molecule has 0 aliphatic carbocycles. The van der Waals surface area contributed by atoms with Gasteiger partial charge in [0.05, 0.1) is 0 Å². The van der Waals surface area contributed by atoms with Gasteiger partial charge in [0.1, 0.15) is 22.6 Å². The topological polar surface area (TPSA) is 93.1 Å². The number of hydrogen-bond donors (Lipinski definition) is 2. The van der Waals surface area contributed by atoms with E-state index in [1.54, 1.807) is 45.0 Å². The SMILES string of the molecule is CC(C)(C)C(OC(=O)c1ccccc1O)OC(=O)c1ccccc1O. The van der Waals surface area contributed by atoms with Gasteiger partial charge in [-0.3, -0.25) is 0 Å². The third-order valence-corrected chi connectivity index (χ3v) is 3.38. The van der Waals surface area contributed by atoms with E-state index in [0.29, 0.717) is 0 Å². The van der Waals surface area contributed by atoms with Gasteiger partial charge < -0.3 is 19.7 Å². The van der Waals surface area contributed by atoms with Crippen LogP contribution >= 0.6 is 0 Å². The van der Waals surface area contributed by atoms with Gasteiger partial charge >= 0.3 is 11.9 Å². The number of para-hydroxylation sites is 2. The lowest BCUT2D eigenvalue weighted by Crippen LogP contribution is -2.36. The number of phenolic OH excluding ortho intramolecular Hbond substituents is 2. The molecule has 132 valence electrons. The summed E-state index contributed by atoms with van der Waals surface area (Å²) in [6.07, 6.45) is -1.22. The summed E-state index contributed by atoms with van der Waals surface area (Å²) < 4.78 is 10.6. The second-order valence-corrected chi connectivity index (χ2v) is 6.54. The molecule has 0 fully saturated rings. The Labute approximate surface area is 145 Å². The molecule has 0 heterocycles. The standard InChI is InChI=1S/C19H20O6/c1-19(2,3)18(24-16(22)12-8-4-6-10-14(12)20)25-17(23)13-9-5-7-11-15(13)21/h4-11,18,20-21H,1-3H3. The van der Waals surface area contributed by atoms with Gasteiger partial charge in [-0.1, -0.05) is 45.0 Å². The molecule has 0 bridgehead atoms. The highest BCUT2D eigenvalue weighted by molar-refractivity contribution is 5.94. The van der Waals surface area contributed by atoms with E-state index in [2.05, 4.69) is 0 Å². The predicted octanol–water partition coefficient (Wildman–Crippen LogP) is 3.48. The summed E-state index contributed by atoms with van der Waals surface area (Å²) in [7, 11) is 0. The number of carbonyl (C=O) groups excluding carboxylic acids is 2. The van der Waals surface area contributed by atoms with Crippen LogP contribution in [-0.4, -0.2) is 28.4 Å². The first-order valence-electron chi connectivity index (χ1n) is 7.68. The number of phenols is 2. The molecule has 0 aromatic heterocycles. The van der Waals surface area contributed by atoms with Crippen molar-refractivity contribution in [2.45, 2.75) is 27.1 Å². The number of aromatic hydroxyl groups is 2. The number of rotatable bonds is 4. The summed E-state index contributed by atoms with van der Waals surface area (Å²) >= 11 is 0. The third-order valence-electron chi connectivity index (χ3n) is 3.38. The van der Waals surface area contributed by atoms with Crippen molar-refractivity contribution < 1.29 is 29.3 Å². The van der Waals surface area contributed by atoms with Crippen LogP contribution in [0.1, 0.15) is 41.5 Å². The molecule has 0 atom stereocenters. The fraction of sp³-hybridized carbons (Fsp3) is 0.263. The molecule has 6 heteroatoms. The minimum Gasteiger partial charge on any atom is -0.507 e. The first-order valence-corrected chi connectivity index (χ1v) is 7.68. The van der Waals surface area contributed by atoms with Crippen LogP contribution in [0.25, 0.3) is 0 Å². The molecule has 0 unspecified atom stereocenters. The van der Waals surface area contributed by atoms with Crippen molar-refractivity contribution in [1.82, 2.24) is 0 Å². The molecule has 2 aromatic carbocycles. The average Bonchev–Trinajstić information content (AvgIpc) is 2.54. The molecule has 0 radical (unpaired) electrons. The Kier molecular flexibility index (Phi) is 5.32. The molecular formula is C19H20O6. The molecule has 0 amide bonds. The van der Waals surface area contributed by atoms with Crippen LogP contribution in [0.5, 0.6) is 11.5 Å². The quantitative estimate of drug-likeness (QED) is 0.651. The molecule has 0 saturated heterocycles. The zero-order valence-electron chi connectivity index (χ0n) is 14.2. The van der Waals surface area contributed by atoms with Crippen LogP contribution in [0.3, 0.4) is 0 Å². The molecule has 6 nitrogen and oxygen atoms in total. The highest BCUT2D eigenvalue weighted by Gasteiger charge is 2.33. The molecule has 0 aliphatic rings. The second kappa shape index (κ2) is 7.25. The smallest absolute Gasteiger partial charge is 0.345 e. The van der Waals surface area contributed by atoms with E-state index in [4.69, 9.17) is 9.47 Å². The third kappa shape index (κ3) is 4.50. The van der Waals surface area contributed by atoms with Crippen molar-refractivity contribution in [3.8, 4) is 11.5 Å². The first-order chi connectivity index (χ1) is 11.7. The summed E-state index contributed by atoms with van der Waals surface area (Å²) in [5.41, 5.74) is -0.786. The van der Waals surface area contributed by atoms with Gasteiger partial charge in [0.25, 0.3) is 6.29 Å². The summed E-state index contributed by atoms with van der Waals surface area (Å²) in [6, 6.07) is 11.8. The lowest BCUT2D eigenvalue weighted by molar-refractivity contribution is -0.131. The zero-order chi connectivity index (χ0) is 18.6. The Morgan fingerprint density at radius 2 is 1.16 bits per heavy atom. The average molecular weight is 344 g/mol. The number of hydrogen-bond acceptors (Lipinski definition) is 6. The fourth-order valence-electron chi connectivity index (χ4n) is 1.99. The maximum atomic E-state index is 12.3. The van der Waals surface area contributed by atoms with Crippen molar-refractivity contribution in [2.75, 3.05) is 0 Å². The van der Waals surface area contributed by atoms with Crippen LogP contribution in [-0.2, 0) is 9.47 Å². The number of carbonyl (C=O) groups is 2. The fourth-order valence-corrected chi connectivity index (χ4v) is 1.99. The van der Waals surface area contributed by atoms with E-state index < -0.39 is 23.6 Å². The summed E-state index contributed by atoms with van der Waals surface area (Å²) in [6.45, 7) is 5.19. The van der Waals surface area contributed by atoms with E-state index in [-0.39, 0.29) is 22.6 Å². The number of ether oxygens (including phenoxy) is 2. The van der Waals surface area contributed by atoms with Gasteiger partial charge in [-0.15, -0.1) is 0 Å². The molecular weight excluding hydrogens is 324 g/mol. The van der Waals surface area contributed by atoms with E-state index in [1.165, 1.54) is 24.3 Å². The predicted molar refractivity (Wildman–Crippen MR) is 90.3 cm³/mol. The Morgan fingerprint density at radius 3 is 1.48 bits per heavy atom. The lowest BCUT2D eigenvalue weighted by Gasteiger charge is -2.29.